The molecule has 3 N–H and O–H groups in total. The van der Waals surface area contributed by atoms with Crippen LogP contribution in [-0.4, -0.2) is 36.7 Å². The molecule has 1 saturated carbocycles. The Bertz CT molecular complexity index is 787. The van der Waals surface area contributed by atoms with Crippen LogP contribution in [0.3, 0.4) is 0 Å². The fraction of sp³-hybridized carbons (Fsp3) is 0.300. The van der Waals surface area contributed by atoms with Crippen LogP contribution in [0.5, 0.6) is 5.75 Å². The minimum absolute atomic E-state index is 0.233. The van der Waals surface area contributed by atoms with E-state index in [1.54, 1.807) is 24.3 Å². The van der Waals surface area contributed by atoms with Crippen molar-refractivity contribution >= 4 is 17.5 Å². The quantitative estimate of drug-likeness (QED) is 0.708. The molecule has 136 valence electrons. The number of hydrogen-bond donors (Lipinski definition) is 3. The van der Waals surface area contributed by atoms with E-state index in [4.69, 9.17) is 4.74 Å². The van der Waals surface area contributed by atoms with Crippen molar-refractivity contribution in [3.05, 3.63) is 60.2 Å². The normalized spacial score (nSPS) is 15.6. The first kappa shape index (κ1) is 17.9. The van der Waals surface area contributed by atoms with E-state index >= 15 is 0 Å². The number of carbonyl (C=O) groups is 2. The maximum atomic E-state index is 12.7. The van der Waals surface area contributed by atoms with Gasteiger partial charge in [-0.3, -0.25) is 9.59 Å². The molecule has 0 radical (unpaired) electrons. The maximum Gasteiger partial charge on any atom is 0.249 e. The monoisotopic (exact) mass is 354 g/mol. The van der Waals surface area contributed by atoms with Crippen LogP contribution in [0.2, 0.25) is 0 Å². The number of methoxy groups -OCH3 is 1. The van der Waals surface area contributed by atoms with Crippen LogP contribution in [0.4, 0.5) is 5.69 Å². The standard InChI is InChI=1S/C20H22N2O4/c1-26-16-9-5-8-15(12-16)21-18(24)17(13-23)22-19(25)20(10-11-20)14-6-3-2-4-7-14/h2-9,12,17,23H,10-11,13H2,1H3,(H,21,24)(H,22,25). The van der Waals surface area contributed by atoms with Crippen molar-refractivity contribution in [1.29, 1.82) is 0 Å². The Morgan fingerprint density at radius 2 is 1.88 bits per heavy atom. The predicted molar refractivity (Wildman–Crippen MR) is 98.0 cm³/mol. The molecule has 0 aromatic heterocycles. The van der Waals surface area contributed by atoms with E-state index in [0.29, 0.717) is 11.4 Å². The van der Waals surface area contributed by atoms with Crippen LogP contribution in [-0.2, 0) is 15.0 Å². The first-order valence-corrected chi connectivity index (χ1v) is 8.51. The molecule has 0 heterocycles. The first-order valence-electron chi connectivity index (χ1n) is 8.51. The van der Waals surface area contributed by atoms with Gasteiger partial charge < -0.3 is 20.5 Å². The molecule has 6 heteroatoms. The van der Waals surface area contributed by atoms with Gasteiger partial charge in [0.1, 0.15) is 11.8 Å². The molecule has 1 aliphatic carbocycles. The Kier molecular flexibility index (Phi) is 5.23. The Morgan fingerprint density at radius 1 is 1.15 bits per heavy atom. The third-order valence-electron chi connectivity index (χ3n) is 4.65. The van der Waals surface area contributed by atoms with Crippen LogP contribution < -0.4 is 15.4 Å². The average Bonchev–Trinajstić information content (AvgIpc) is 3.48. The average molecular weight is 354 g/mol. The lowest BCUT2D eigenvalue weighted by molar-refractivity contribution is -0.129. The summed E-state index contributed by atoms with van der Waals surface area (Å²) in [6, 6.07) is 15.4. The molecule has 2 aromatic carbocycles. The summed E-state index contributed by atoms with van der Waals surface area (Å²) in [4.78, 5) is 25.2. The minimum atomic E-state index is -1.02. The third kappa shape index (κ3) is 3.70. The minimum Gasteiger partial charge on any atom is -0.497 e. The van der Waals surface area contributed by atoms with E-state index in [2.05, 4.69) is 10.6 Å². The molecule has 3 rings (SSSR count). The molecule has 1 atom stereocenters. The van der Waals surface area contributed by atoms with E-state index in [9.17, 15) is 14.7 Å². The number of amides is 2. The lowest BCUT2D eigenvalue weighted by Crippen LogP contribution is -2.49. The van der Waals surface area contributed by atoms with Crippen LogP contribution in [0.1, 0.15) is 18.4 Å². The topological polar surface area (TPSA) is 87.7 Å². The number of hydrogen-bond acceptors (Lipinski definition) is 4. The molecule has 0 aliphatic heterocycles. The second-order valence-corrected chi connectivity index (χ2v) is 6.38. The van der Waals surface area contributed by atoms with Crippen LogP contribution in [0.15, 0.2) is 54.6 Å². The van der Waals surface area contributed by atoms with Crippen molar-refractivity contribution in [3.8, 4) is 5.75 Å². The lowest BCUT2D eigenvalue weighted by atomic mass is 9.94. The van der Waals surface area contributed by atoms with Crippen molar-refractivity contribution in [2.24, 2.45) is 0 Å². The van der Waals surface area contributed by atoms with Gasteiger partial charge in [-0.15, -0.1) is 0 Å². The number of aliphatic hydroxyl groups is 1. The highest BCUT2D eigenvalue weighted by Crippen LogP contribution is 2.48. The summed E-state index contributed by atoms with van der Waals surface area (Å²) in [5.41, 5.74) is 0.874. The Hall–Kier alpha value is -2.86. The Morgan fingerprint density at radius 3 is 2.50 bits per heavy atom. The summed E-state index contributed by atoms with van der Waals surface area (Å²) in [5, 5.41) is 15.0. The highest BCUT2D eigenvalue weighted by atomic mass is 16.5. The molecule has 6 nitrogen and oxygen atoms in total. The highest BCUT2D eigenvalue weighted by molar-refractivity contribution is 6.00. The van der Waals surface area contributed by atoms with Gasteiger partial charge in [0, 0.05) is 11.8 Å². The molecule has 1 aliphatic rings. The summed E-state index contributed by atoms with van der Waals surface area (Å²) in [7, 11) is 1.54. The van der Waals surface area contributed by atoms with Gasteiger partial charge in [-0.05, 0) is 30.5 Å². The van der Waals surface area contributed by atoms with Crippen LogP contribution in [0.25, 0.3) is 0 Å². The molecular weight excluding hydrogens is 332 g/mol. The molecular formula is C20H22N2O4. The molecule has 26 heavy (non-hydrogen) atoms. The second-order valence-electron chi connectivity index (χ2n) is 6.38. The van der Waals surface area contributed by atoms with Crippen molar-refractivity contribution < 1.29 is 19.4 Å². The number of ether oxygens (including phenoxy) is 1. The summed E-state index contributed by atoms with van der Waals surface area (Å²) in [5.74, 6) is -0.102. The van der Waals surface area contributed by atoms with E-state index in [1.165, 1.54) is 7.11 Å². The number of nitrogens with one attached hydrogen (secondary N) is 2. The van der Waals surface area contributed by atoms with Crippen molar-refractivity contribution in [3.63, 3.8) is 0 Å². The van der Waals surface area contributed by atoms with E-state index < -0.39 is 24.0 Å². The summed E-state index contributed by atoms with van der Waals surface area (Å²) >= 11 is 0. The molecule has 0 spiro atoms. The zero-order chi connectivity index (χ0) is 18.6. The predicted octanol–water partition coefficient (Wildman–Crippen LogP) is 1.84. The van der Waals surface area contributed by atoms with Crippen molar-refractivity contribution in [2.75, 3.05) is 19.0 Å². The molecule has 2 aromatic rings. The largest absolute Gasteiger partial charge is 0.497 e. The van der Waals surface area contributed by atoms with Crippen LogP contribution >= 0.6 is 0 Å². The lowest BCUT2D eigenvalue weighted by Gasteiger charge is -2.21. The van der Waals surface area contributed by atoms with Gasteiger partial charge in [0.2, 0.25) is 11.8 Å². The first-order chi connectivity index (χ1) is 12.6. The number of aliphatic hydroxyl groups excluding tert-OH is 1. The molecule has 1 unspecified atom stereocenters. The maximum absolute atomic E-state index is 12.7. The fourth-order valence-corrected chi connectivity index (χ4v) is 2.95. The third-order valence-corrected chi connectivity index (χ3v) is 4.65. The molecule has 0 bridgehead atoms. The fourth-order valence-electron chi connectivity index (χ4n) is 2.95. The van der Waals surface area contributed by atoms with Crippen molar-refractivity contribution in [2.45, 2.75) is 24.3 Å². The SMILES string of the molecule is COc1cccc(NC(=O)C(CO)NC(=O)C2(c3ccccc3)CC2)c1. The zero-order valence-electron chi connectivity index (χ0n) is 14.6. The Labute approximate surface area is 152 Å². The molecule has 0 saturated heterocycles. The van der Waals surface area contributed by atoms with E-state index in [1.807, 2.05) is 30.3 Å². The zero-order valence-corrected chi connectivity index (χ0v) is 14.6. The second kappa shape index (κ2) is 7.58. The number of benzene rings is 2. The van der Waals surface area contributed by atoms with E-state index in [0.717, 1.165) is 18.4 Å². The summed E-state index contributed by atoms with van der Waals surface area (Å²) < 4.78 is 5.12. The number of rotatable bonds is 7. The van der Waals surface area contributed by atoms with Gasteiger partial charge in [-0.25, -0.2) is 0 Å². The van der Waals surface area contributed by atoms with Crippen molar-refractivity contribution in [1.82, 2.24) is 5.32 Å². The van der Waals surface area contributed by atoms with Gasteiger partial charge >= 0.3 is 0 Å². The smallest absolute Gasteiger partial charge is 0.249 e. The number of anilines is 1. The Balaban J connectivity index is 1.67. The van der Waals surface area contributed by atoms with Crippen LogP contribution in [0, 0.1) is 0 Å². The van der Waals surface area contributed by atoms with Gasteiger partial charge in [0.05, 0.1) is 19.1 Å². The van der Waals surface area contributed by atoms with Gasteiger partial charge in [-0.2, -0.15) is 0 Å². The van der Waals surface area contributed by atoms with E-state index in [-0.39, 0.29) is 5.91 Å². The molecule has 1 fully saturated rings. The summed E-state index contributed by atoms with van der Waals surface area (Å²) in [6.07, 6.45) is 1.47. The number of carbonyl (C=O) groups excluding carboxylic acids is 2. The van der Waals surface area contributed by atoms with Gasteiger partial charge in [0.25, 0.3) is 0 Å². The summed E-state index contributed by atoms with van der Waals surface area (Å²) in [6.45, 7) is -0.480. The van der Waals surface area contributed by atoms with Gasteiger partial charge in [-0.1, -0.05) is 36.4 Å². The van der Waals surface area contributed by atoms with Gasteiger partial charge in [0.15, 0.2) is 0 Å². The molecule has 2 amide bonds. The highest BCUT2D eigenvalue weighted by Gasteiger charge is 2.51.